The molecule has 3 saturated heterocycles. The Morgan fingerprint density at radius 2 is 1.51 bits per heavy atom. The summed E-state index contributed by atoms with van der Waals surface area (Å²) in [5.41, 5.74) is -1.03. The van der Waals surface area contributed by atoms with E-state index in [4.69, 9.17) is 14.2 Å². The van der Waals surface area contributed by atoms with Crippen molar-refractivity contribution in [2.45, 2.75) is 37.4 Å². The van der Waals surface area contributed by atoms with E-state index in [-0.39, 0.29) is 6.10 Å². The summed E-state index contributed by atoms with van der Waals surface area (Å²) < 4.78 is 19.0. The number of quaternary nitrogens is 1. The first kappa shape index (κ1) is 24.0. The number of ether oxygens (including phenoxy) is 3. The van der Waals surface area contributed by atoms with Crippen molar-refractivity contribution in [2.24, 2.45) is 5.92 Å². The SMILES string of the molecule is O=C(O[C@H]1C[N+]2(CCCCOc3ccccc3)CCC1CC2)C1(O)c2ccccc2Oc2ccccc21. The highest BCUT2D eigenvalue weighted by molar-refractivity contribution is 5.88. The molecule has 2 bridgehead atoms. The summed E-state index contributed by atoms with van der Waals surface area (Å²) in [4.78, 5) is 13.8. The molecule has 0 saturated carbocycles. The monoisotopic (exact) mass is 500 g/mol. The molecular formula is C31H34NO5+. The second kappa shape index (κ2) is 9.84. The van der Waals surface area contributed by atoms with Crippen LogP contribution in [0, 0.1) is 5.92 Å². The van der Waals surface area contributed by atoms with Gasteiger partial charge in [0.05, 0.1) is 26.2 Å². The van der Waals surface area contributed by atoms with E-state index >= 15 is 0 Å². The normalized spacial score (nSPS) is 24.9. The van der Waals surface area contributed by atoms with Crippen molar-refractivity contribution in [2.75, 3.05) is 32.8 Å². The molecule has 3 aromatic rings. The summed E-state index contributed by atoms with van der Waals surface area (Å²) in [5, 5.41) is 11.9. The van der Waals surface area contributed by atoms with Gasteiger partial charge in [0.15, 0.2) is 6.10 Å². The van der Waals surface area contributed by atoms with Crippen LogP contribution in [0.3, 0.4) is 0 Å². The average molecular weight is 501 g/mol. The molecule has 0 aromatic heterocycles. The highest BCUT2D eigenvalue weighted by Gasteiger charge is 2.52. The van der Waals surface area contributed by atoms with Gasteiger partial charge >= 0.3 is 5.97 Å². The van der Waals surface area contributed by atoms with E-state index in [1.54, 1.807) is 24.3 Å². The number of benzene rings is 3. The topological polar surface area (TPSA) is 65.0 Å². The van der Waals surface area contributed by atoms with Crippen LogP contribution in [-0.2, 0) is 15.1 Å². The number of rotatable bonds is 8. The standard InChI is InChI=1S/C31H34NO5/c33-30(31(34)25-12-4-6-14-27(25)36-28-15-7-5-13-26(28)31)37-29-22-32(19-16-23(29)17-20-32)18-8-9-21-35-24-10-2-1-3-11-24/h1-7,10-15,23,29,34H,8-9,16-22H2/q+1/t23?,29-,32?/m0/s1. The Morgan fingerprint density at radius 1 is 0.892 bits per heavy atom. The van der Waals surface area contributed by atoms with Crippen LogP contribution in [0.25, 0.3) is 0 Å². The third-order valence-electron chi connectivity index (χ3n) is 8.41. The fraction of sp³-hybridized carbons (Fsp3) is 0.387. The van der Waals surface area contributed by atoms with Gasteiger partial charge in [0.25, 0.3) is 0 Å². The summed E-state index contributed by atoms with van der Waals surface area (Å²) in [5.74, 6) is 1.62. The largest absolute Gasteiger partial charge is 0.494 e. The minimum Gasteiger partial charge on any atom is -0.494 e. The van der Waals surface area contributed by atoms with E-state index in [2.05, 4.69) is 0 Å². The van der Waals surface area contributed by atoms with Crippen molar-refractivity contribution in [1.82, 2.24) is 0 Å². The molecule has 6 heteroatoms. The second-order valence-electron chi connectivity index (χ2n) is 10.6. The van der Waals surface area contributed by atoms with E-state index < -0.39 is 11.6 Å². The van der Waals surface area contributed by atoms with Crippen LogP contribution in [0.2, 0.25) is 0 Å². The number of aliphatic hydroxyl groups is 1. The van der Waals surface area contributed by atoms with Crippen molar-refractivity contribution >= 4 is 5.97 Å². The summed E-state index contributed by atoms with van der Waals surface area (Å²) in [6.07, 6.45) is 3.97. The molecule has 4 heterocycles. The van der Waals surface area contributed by atoms with Crippen molar-refractivity contribution in [3.05, 3.63) is 90.0 Å². The lowest BCUT2D eigenvalue weighted by Gasteiger charge is -2.52. The average Bonchev–Trinajstić information content (AvgIpc) is 2.94. The van der Waals surface area contributed by atoms with Gasteiger partial charge in [-0.15, -0.1) is 0 Å². The third kappa shape index (κ3) is 4.49. The van der Waals surface area contributed by atoms with Crippen LogP contribution in [0.1, 0.15) is 36.8 Å². The van der Waals surface area contributed by atoms with Crippen LogP contribution in [0.5, 0.6) is 17.2 Å². The molecule has 1 atom stereocenters. The molecule has 0 aliphatic carbocycles. The maximum atomic E-state index is 13.8. The number of hydrogen-bond donors (Lipinski definition) is 1. The first-order chi connectivity index (χ1) is 18.1. The summed E-state index contributed by atoms with van der Waals surface area (Å²) in [6, 6.07) is 24.3. The minimum absolute atomic E-state index is 0.193. The van der Waals surface area contributed by atoms with E-state index in [1.165, 1.54) is 0 Å². The van der Waals surface area contributed by atoms with Gasteiger partial charge in [-0.25, -0.2) is 4.79 Å². The van der Waals surface area contributed by atoms with Gasteiger partial charge in [0, 0.05) is 29.9 Å². The molecule has 6 nitrogen and oxygen atoms in total. The molecule has 0 radical (unpaired) electrons. The van der Waals surface area contributed by atoms with Crippen molar-refractivity contribution in [1.29, 1.82) is 0 Å². The van der Waals surface area contributed by atoms with E-state index in [1.807, 2.05) is 54.6 Å². The summed E-state index contributed by atoms with van der Waals surface area (Å²) in [6.45, 7) is 4.83. The lowest BCUT2D eigenvalue weighted by atomic mass is 9.81. The molecule has 3 fully saturated rings. The number of fused-ring (bicyclic) bond motifs is 5. The smallest absolute Gasteiger partial charge is 0.348 e. The number of hydrogen-bond acceptors (Lipinski definition) is 5. The van der Waals surface area contributed by atoms with Crippen molar-refractivity contribution in [3.8, 4) is 17.2 Å². The number of para-hydroxylation sites is 3. The third-order valence-corrected chi connectivity index (χ3v) is 8.41. The van der Waals surface area contributed by atoms with Gasteiger partial charge in [0.2, 0.25) is 5.60 Å². The van der Waals surface area contributed by atoms with Gasteiger partial charge in [-0.1, -0.05) is 54.6 Å². The number of unbranched alkanes of at least 4 members (excludes halogenated alkanes) is 1. The Kier molecular flexibility index (Phi) is 6.39. The van der Waals surface area contributed by atoms with Crippen LogP contribution in [-0.4, -0.2) is 54.4 Å². The fourth-order valence-electron chi connectivity index (χ4n) is 6.34. The van der Waals surface area contributed by atoms with Crippen LogP contribution in [0.4, 0.5) is 0 Å². The van der Waals surface area contributed by atoms with E-state index in [0.717, 1.165) is 62.1 Å². The molecule has 4 aliphatic heterocycles. The van der Waals surface area contributed by atoms with Gasteiger partial charge in [-0.3, -0.25) is 0 Å². The maximum Gasteiger partial charge on any atom is 0.348 e. The first-order valence-corrected chi connectivity index (χ1v) is 13.4. The molecule has 0 spiro atoms. The Balaban J connectivity index is 1.13. The molecule has 0 amide bonds. The quantitative estimate of drug-likeness (QED) is 0.267. The van der Waals surface area contributed by atoms with Crippen LogP contribution >= 0.6 is 0 Å². The lowest BCUT2D eigenvalue weighted by Crippen LogP contribution is -2.65. The molecule has 0 unspecified atom stereocenters. The zero-order chi connectivity index (χ0) is 25.3. The number of nitrogens with zero attached hydrogens (tertiary/aromatic N) is 1. The van der Waals surface area contributed by atoms with E-state index in [0.29, 0.717) is 35.2 Å². The van der Waals surface area contributed by atoms with Gasteiger partial charge in [-0.2, -0.15) is 0 Å². The Labute approximate surface area is 218 Å². The minimum atomic E-state index is -1.89. The van der Waals surface area contributed by atoms with Gasteiger partial charge in [0.1, 0.15) is 23.8 Å². The Bertz CT molecular complexity index is 1210. The molecule has 1 N–H and O–H groups in total. The molecular weight excluding hydrogens is 466 g/mol. The van der Waals surface area contributed by atoms with E-state index in [9.17, 15) is 9.90 Å². The molecule has 192 valence electrons. The number of carbonyl (C=O) groups is 1. The molecule has 7 rings (SSSR count). The zero-order valence-electron chi connectivity index (χ0n) is 21.1. The van der Waals surface area contributed by atoms with Crippen LogP contribution in [0.15, 0.2) is 78.9 Å². The molecule has 3 aromatic carbocycles. The summed E-state index contributed by atoms with van der Waals surface area (Å²) >= 11 is 0. The Hall–Kier alpha value is -3.35. The zero-order valence-corrected chi connectivity index (χ0v) is 21.1. The van der Waals surface area contributed by atoms with Crippen molar-refractivity contribution < 1.29 is 28.6 Å². The predicted octanol–water partition coefficient (Wildman–Crippen LogP) is 5.04. The fourth-order valence-corrected chi connectivity index (χ4v) is 6.34. The number of esters is 1. The highest BCUT2D eigenvalue weighted by atomic mass is 16.6. The van der Waals surface area contributed by atoms with Gasteiger partial charge < -0.3 is 23.8 Å². The molecule has 4 aliphatic rings. The lowest BCUT2D eigenvalue weighted by molar-refractivity contribution is -0.946. The maximum absolute atomic E-state index is 13.8. The number of piperidine rings is 3. The first-order valence-electron chi connectivity index (χ1n) is 13.4. The van der Waals surface area contributed by atoms with Crippen molar-refractivity contribution in [3.63, 3.8) is 0 Å². The Morgan fingerprint density at radius 3 is 2.19 bits per heavy atom. The second-order valence-corrected chi connectivity index (χ2v) is 10.6. The van der Waals surface area contributed by atoms with Crippen LogP contribution < -0.4 is 9.47 Å². The summed E-state index contributed by atoms with van der Waals surface area (Å²) in [7, 11) is 0. The predicted molar refractivity (Wildman–Crippen MR) is 139 cm³/mol. The number of carbonyl (C=O) groups excluding carboxylic acids is 1. The molecule has 37 heavy (non-hydrogen) atoms. The highest BCUT2D eigenvalue weighted by Crippen LogP contribution is 2.48. The van der Waals surface area contributed by atoms with Gasteiger partial charge in [-0.05, 0) is 37.1 Å².